The highest BCUT2D eigenvalue weighted by atomic mass is 16.6. The number of ether oxygens (including phenoxy) is 1. The number of benzene rings is 4. The monoisotopic (exact) mass is 678 g/mol. The summed E-state index contributed by atoms with van der Waals surface area (Å²) < 4.78 is 5.13. The topological polar surface area (TPSA) is 163 Å². The molecule has 0 spiro atoms. The Bertz CT molecular complexity index is 1880. The molecule has 12 heteroatoms. The molecule has 0 radical (unpaired) electrons. The molecule has 0 aliphatic carbocycles. The second kappa shape index (κ2) is 15.6. The van der Waals surface area contributed by atoms with Gasteiger partial charge in [-0.25, -0.2) is 0 Å². The van der Waals surface area contributed by atoms with Crippen LogP contribution < -0.4 is 15.0 Å². The number of nitrogens with zero attached hydrogens (tertiary/aromatic N) is 3. The van der Waals surface area contributed by atoms with Crippen LogP contribution in [0.15, 0.2) is 109 Å². The summed E-state index contributed by atoms with van der Waals surface area (Å²) in [6, 6.07) is 26.9. The van der Waals surface area contributed by atoms with Gasteiger partial charge in [0.2, 0.25) is 5.91 Å². The van der Waals surface area contributed by atoms with Crippen molar-refractivity contribution in [2.75, 3.05) is 30.5 Å². The van der Waals surface area contributed by atoms with Gasteiger partial charge in [-0.1, -0.05) is 61.5 Å². The van der Waals surface area contributed by atoms with E-state index >= 15 is 0 Å². The molecule has 4 aromatic carbocycles. The summed E-state index contributed by atoms with van der Waals surface area (Å²) >= 11 is 0. The SMILES string of the molecule is COc1ccc(C(=O)Nc2ccc(CN3C(=O)[C@](O)([C@H](C)/C=C/CC(=O)N(CCO)Cc4ccccc4)c4cc([N+](=O)[O-])ccc43)cc2)cc1. The molecule has 0 saturated heterocycles. The number of methoxy groups -OCH3 is 1. The Morgan fingerprint density at radius 3 is 2.36 bits per heavy atom. The number of rotatable bonds is 14. The third-order valence-electron chi connectivity index (χ3n) is 8.68. The van der Waals surface area contributed by atoms with Crippen LogP contribution in [0.25, 0.3) is 0 Å². The van der Waals surface area contributed by atoms with Gasteiger partial charge in [0.1, 0.15) is 5.75 Å². The summed E-state index contributed by atoms with van der Waals surface area (Å²) in [6.45, 7) is 1.90. The molecule has 4 aromatic rings. The number of hydrogen-bond acceptors (Lipinski definition) is 8. The minimum Gasteiger partial charge on any atom is -0.497 e. The number of amides is 3. The van der Waals surface area contributed by atoms with E-state index in [1.165, 1.54) is 28.0 Å². The van der Waals surface area contributed by atoms with Crippen molar-refractivity contribution in [3.05, 3.63) is 142 Å². The molecule has 3 amide bonds. The highest BCUT2D eigenvalue weighted by Gasteiger charge is 2.53. The van der Waals surface area contributed by atoms with E-state index < -0.39 is 22.3 Å². The van der Waals surface area contributed by atoms with Crippen molar-refractivity contribution in [2.24, 2.45) is 5.92 Å². The second-order valence-corrected chi connectivity index (χ2v) is 11.9. The maximum absolute atomic E-state index is 14.0. The molecular formula is C38H38N4O8. The number of nitro benzene ring substituents is 1. The number of aliphatic hydroxyl groups excluding tert-OH is 1. The predicted octanol–water partition coefficient (Wildman–Crippen LogP) is 5.19. The first-order chi connectivity index (χ1) is 24.0. The van der Waals surface area contributed by atoms with Crippen LogP contribution >= 0.6 is 0 Å². The normalized spacial score (nSPS) is 15.8. The van der Waals surface area contributed by atoms with E-state index in [-0.39, 0.29) is 49.2 Å². The van der Waals surface area contributed by atoms with Crippen molar-refractivity contribution in [1.29, 1.82) is 0 Å². The minimum atomic E-state index is -2.15. The molecule has 0 bridgehead atoms. The number of aliphatic hydroxyl groups is 2. The molecule has 258 valence electrons. The number of hydrogen-bond donors (Lipinski definition) is 3. The van der Waals surface area contributed by atoms with Gasteiger partial charge in [0.25, 0.3) is 17.5 Å². The summed E-state index contributed by atoms with van der Waals surface area (Å²) in [4.78, 5) is 53.8. The molecular weight excluding hydrogens is 640 g/mol. The van der Waals surface area contributed by atoms with Crippen molar-refractivity contribution < 1.29 is 34.3 Å². The molecule has 1 heterocycles. The van der Waals surface area contributed by atoms with E-state index in [9.17, 15) is 34.7 Å². The zero-order valence-electron chi connectivity index (χ0n) is 27.7. The Hall–Kier alpha value is -5.85. The molecule has 0 fully saturated rings. The number of carbonyl (C=O) groups is 3. The summed E-state index contributed by atoms with van der Waals surface area (Å²) in [5, 5.41) is 36.0. The molecule has 1 aliphatic rings. The molecule has 3 N–H and O–H groups in total. The van der Waals surface area contributed by atoms with Gasteiger partial charge in [0.15, 0.2) is 5.60 Å². The molecule has 50 heavy (non-hydrogen) atoms. The number of carbonyl (C=O) groups excluding carboxylic acids is 3. The number of anilines is 2. The van der Waals surface area contributed by atoms with E-state index in [0.29, 0.717) is 34.8 Å². The maximum Gasteiger partial charge on any atom is 0.269 e. The highest BCUT2D eigenvalue weighted by molar-refractivity contribution is 6.07. The van der Waals surface area contributed by atoms with Crippen molar-refractivity contribution in [3.63, 3.8) is 0 Å². The summed E-state index contributed by atoms with van der Waals surface area (Å²) in [7, 11) is 1.54. The second-order valence-electron chi connectivity index (χ2n) is 11.9. The molecule has 0 unspecified atom stereocenters. The molecule has 5 rings (SSSR count). The molecule has 0 saturated carbocycles. The number of nitro groups is 1. The lowest BCUT2D eigenvalue weighted by Gasteiger charge is -2.28. The van der Waals surface area contributed by atoms with Crippen LogP contribution in [0, 0.1) is 16.0 Å². The van der Waals surface area contributed by atoms with Gasteiger partial charge in [-0.3, -0.25) is 24.5 Å². The van der Waals surface area contributed by atoms with Crippen LogP contribution in [0.3, 0.4) is 0 Å². The van der Waals surface area contributed by atoms with Gasteiger partial charge >= 0.3 is 0 Å². The Kier molecular flexibility index (Phi) is 11.0. The Balaban J connectivity index is 1.32. The lowest BCUT2D eigenvalue weighted by atomic mass is 9.82. The smallest absolute Gasteiger partial charge is 0.269 e. The van der Waals surface area contributed by atoms with Gasteiger partial charge in [-0.2, -0.15) is 0 Å². The molecule has 2 atom stereocenters. The average Bonchev–Trinajstić information content (AvgIpc) is 3.34. The Morgan fingerprint density at radius 1 is 1.02 bits per heavy atom. The first-order valence-corrected chi connectivity index (χ1v) is 16.0. The van der Waals surface area contributed by atoms with Crippen molar-refractivity contribution in [3.8, 4) is 5.75 Å². The first-order valence-electron chi connectivity index (χ1n) is 16.0. The van der Waals surface area contributed by atoms with Crippen molar-refractivity contribution in [2.45, 2.75) is 32.0 Å². The van der Waals surface area contributed by atoms with Crippen LogP contribution in [-0.4, -0.2) is 58.0 Å². The van der Waals surface area contributed by atoms with Crippen LogP contribution in [-0.2, 0) is 28.3 Å². The largest absolute Gasteiger partial charge is 0.497 e. The van der Waals surface area contributed by atoms with E-state index in [0.717, 1.165) is 5.56 Å². The lowest BCUT2D eigenvalue weighted by Crippen LogP contribution is -2.44. The van der Waals surface area contributed by atoms with Crippen LogP contribution in [0.1, 0.15) is 40.4 Å². The fourth-order valence-corrected chi connectivity index (χ4v) is 5.89. The molecule has 1 aliphatic heterocycles. The van der Waals surface area contributed by atoms with Gasteiger partial charge < -0.3 is 30.1 Å². The number of fused-ring (bicyclic) bond motifs is 1. The van der Waals surface area contributed by atoms with E-state index in [4.69, 9.17) is 4.74 Å². The zero-order valence-corrected chi connectivity index (χ0v) is 27.7. The third-order valence-corrected chi connectivity index (χ3v) is 8.68. The fourth-order valence-electron chi connectivity index (χ4n) is 5.89. The standard InChI is InChI=1S/C38H38N4O8/c1-26(7-6-10-35(44)40(21-22-43)24-27-8-4-3-5-9-27)38(47)33-23-31(42(48)49)17-20-34(33)41(37(38)46)25-28-11-15-30(16-12-28)39-36(45)29-13-18-32(50-2)19-14-29/h3-9,11-20,23,26,43,47H,10,21-22,24-25H2,1-2H3,(H,39,45)/b7-6+/t26-,38+/m1/s1. The zero-order chi connectivity index (χ0) is 35.8. The summed E-state index contributed by atoms with van der Waals surface area (Å²) in [5.41, 5.74) is 0.564. The molecule has 0 aromatic heterocycles. The first kappa shape index (κ1) is 35.5. The van der Waals surface area contributed by atoms with Crippen molar-refractivity contribution in [1.82, 2.24) is 4.90 Å². The minimum absolute atomic E-state index is 0.0448. The number of nitrogens with one attached hydrogen (secondary N) is 1. The van der Waals surface area contributed by atoms with E-state index in [1.807, 2.05) is 30.3 Å². The third kappa shape index (κ3) is 7.72. The van der Waals surface area contributed by atoms with Gasteiger partial charge in [-0.05, 0) is 53.6 Å². The van der Waals surface area contributed by atoms with Gasteiger partial charge in [0, 0.05) is 54.4 Å². The fraction of sp³-hybridized carbons (Fsp3) is 0.237. The maximum atomic E-state index is 14.0. The quantitative estimate of drug-likeness (QED) is 0.0932. The van der Waals surface area contributed by atoms with Crippen LogP contribution in [0.5, 0.6) is 5.75 Å². The van der Waals surface area contributed by atoms with Gasteiger partial charge in [0.05, 0.1) is 30.9 Å². The summed E-state index contributed by atoms with van der Waals surface area (Å²) in [5.74, 6) is -1.47. The Morgan fingerprint density at radius 2 is 1.72 bits per heavy atom. The lowest BCUT2D eigenvalue weighted by molar-refractivity contribution is -0.385. The van der Waals surface area contributed by atoms with Gasteiger partial charge in [-0.15, -0.1) is 0 Å². The summed E-state index contributed by atoms with van der Waals surface area (Å²) in [6.07, 6.45) is 3.07. The Labute approximate surface area is 289 Å². The molecule has 12 nitrogen and oxygen atoms in total. The predicted molar refractivity (Wildman–Crippen MR) is 187 cm³/mol. The van der Waals surface area contributed by atoms with E-state index in [1.54, 1.807) is 74.7 Å². The average molecular weight is 679 g/mol. The van der Waals surface area contributed by atoms with Crippen molar-refractivity contribution >= 4 is 34.8 Å². The number of non-ortho nitro benzene ring substituents is 1. The van der Waals surface area contributed by atoms with Crippen LogP contribution in [0.4, 0.5) is 17.1 Å². The highest BCUT2D eigenvalue weighted by Crippen LogP contribution is 2.47. The van der Waals surface area contributed by atoms with E-state index in [2.05, 4.69) is 5.32 Å². The van der Waals surface area contributed by atoms with Crippen LogP contribution in [0.2, 0.25) is 0 Å².